The summed E-state index contributed by atoms with van der Waals surface area (Å²) in [5, 5.41) is 0. The van der Waals surface area contributed by atoms with E-state index in [0.29, 0.717) is 11.6 Å². The van der Waals surface area contributed by atoms with Crippen LogP contribution in [0.5, 0.6) is 5.75 Å². The van der Waals surface area contributed by atoms with Crippen molar-refractivity contribution in [1.29, 1.82) is 0 Å². The molecule has 0 bridgehead atoms. The van der Waals surface area contributed by atoms with Gasteiger partial charge in [0, 0.05) is 18.0 Å². The van der Waals surface area contributed by atoms with Gasteiger partial charge in [0.15, 0.2) is 5.82 Å². The Bertz CT molecular complexity index is 908. The van der Waals surface area contributed by atoms with E-state index >= 15 is 0 Å². The first kappa shape index (κ1) is 26.8. The molecule has 2 aliphatic rings. The molecule has 36 heavy (non-hydrogen) atoms. The number of ether oxygens (including phenoxy) is 1. The van der Waals surface area contributed by atoms with Crippen LogP contribution in [0.25, 0.3) is 11.4 Å². The molecular weight excluding hydrogens is 444 g/mol. The summed E-state index contributed by atoms with van der Waals surface area (Å²) in [4.78, 5) is 21.9. The monoisotopic (exact) mass is 490 g/mol. The summed E-state index contributed by atoms with van der Waals surface area (Å²) in [6.45, 7) is 4.57. The van der Waals surface area contributed by atoms with Gasteiger partial charge in [-0.3, -0.25) is 4.79 Å². The summed E-state index contributed by atoms with van der Waals surface area (Å²) in [7, 11) is 0. The van der Waals surface area contributed by atoms with Crippen molar-refractivity contribution in [3.8, 4) is 17.1 Å². The van der Waals surface area contributed by atoms with E-state index in [9.17, 15) is 4.79 Å². The Hall–Kier alpha value is -2.23. The fraction of sp³-hybridized carbons (Fsp3) is 0.656. The van der Waals surface area contributed by atoms with E-state index in [0.717, 1.165) is 42.6 Å². The molecule has 4 heteroatoms. The van der Waals surface area contributed by atoms with Crippen molar-refractivity contribution in [3.05, 3.63) is 42.2 Å². The Kier molecular flexibility index (Phi) is 10.4. The molecule has 2 aliphatic carbocycles. The maximum absolute atomic E-state index is 12.8. The van der Waals surface area contributed by atoms with Crippen molar-refractivity contribution in [2.75, 3.05) is 0 Å². The number of unbranched alkanes of at least 4 members (excludes halogenated alkanes) is 4. The second-order valence-corrected chi connectivity index (χ2v) is 11.3. The smallest absolute Gasteiger partial charge is 0.314 e. The predicted octanol–water partition coefficient (Wildman–Crippen LogP) is 8.58. The second kappa shape index (κ2) is 13.9. The summed E-state index contributed by atoms with van der Waals surface area (Å²) in [6.07, 6.45) is 22.6. The Balaban J connectivity index is 1.20. The van der Waals surface area contributed by atoms with Crippen LogP contribution < -0.4 is 4.74 Å². The van der Waals surface area contributed by atoms with E-state index in [1.54, 1.807) is 0 Å². The Morgan fingerprint density at radius 3 is 2.03 bits per heavy atom. The van der Waals surface area contributed by atoms with Crippen molar-refractivity contribution >= 4 is 5.97 Å². The average molecular weight is 491 g/mol. The highest BCUT2D eigenvalue weighted by atomic mass is 16.5. The minimum Gasteiger partial charge on any atom is -0.426 e. The maximum atomic E-state index is 12.8. The van der Waals surface area contributed by atoms with Gasteiger partial charge in [0.05, 0.1) is 5.92 Å². The minimum absolute atomic E-state index is 0.0470. The molecule has 2 saturated carbocycles. The highest BCUT2D eigenvalue weighted by Crippen LogP contribution is 2.42. The number of carbonyl (C=O) groups excluding carboxylic acids is 1. The van der Waals surface area contributed by atoms with E-state index < -0.39 is 0 Å². The van der Waals surface area contributed by atoms with Crippen molar-refractivity contribution in [1.82, 2.24) is 9.97 Å². The number of aromatic nitrogens is 2. The zero-order valence-corrected chi connectivity index (χ0v) is 22.6. The zero-order valence-electron chi connectivity index (χ0n) is 22.6. The molecular formula is C32H46N2O2. The lowest BCUT2D eigenvalue weighted by atomic mass is 9.69. The molecule has 0 amide bonds. The standard InChI is InChI=1S/C32H46N2O2/c1-3-5-6-7-8-9-25-22-33-31(34-23-25)28-18-20-30(21-19-28)36-32(35)29-16-14-27(15-17-29)26-12-10-24(4-2)11-13-26/h18-24,26-27,29H,3-17H2,1-2H3. The summed E-state index contributed by atoms with van der Waals surface area (Å²) >= 11 is 0. The van der Waals surface area contributed by atoms with Gasteiger partial charge in [-0.25, -0.2) is 9.97 Å². The van der Waals surface area contributed by atoms with Crippen LogP contribution in [0.3, 0.4) is 0 Å². The zero-order chi connectivity index (χ0) is 25.2. The van der Waals surface area contributed by atoms with Gasteiger partial charge in [0.2, 0.25) is 0 Å². The molecule has 0 N–H and O–H groups in total. The van der Waals surface area contributed by atoms with Crippen molar-refractivity contribution in [2.24, 2.45) is 23.7 Å². The number of rotatable bonds is 11. The van der Waals surface area contributed by atoms with E-state index in [-0.39, 0.29) is 11.9 Å². The van der Waals surface area contributed by atoms with Crippen molar-refractivity contribution in [2.45, 2.75) is 110 Å². The number of esters is 1. The van der Waals surface area contributed by atoms with E-state index in [1.165, 1.54) is 82.6 Å². The van der Waals surface area contributed by atoms with Crippen LogP contribution in [0.2, 0.25) is 0 Å². The summed E-state index contributed by atoms with van der Waals surface area (Å²) in [6, 6.07) is 7.64. The highest BCUT2D eigenvalue weighted by Gasteiger charge is 2.33. The molecule has 0 radical (unpaired) electrons. The number of nitrogens with zero attached hydrogens (tertiary/aromatic N) is 2. The molecule has 0 spiro atoms. The van der Waals surface area contributed by atoms with Gasteiger partial charge < -0.3 is 4.74 Å². The fourth-order valence-corrected chi connectivity index (χ4v) is 6.33. The minimum atomic E-state index is -0.0598. The Morgan fingerprint density at radius 2 is 1.42 bits per heavy atom. The Morgan fingerprint density at radius 1 is 0.806 bits per heavy atom. The first-order valence-electron chi connectivity index (χ1n) is 14.8. The van der Waals surface area contributed by atoms with Gasteiger partial charge in [-0.15, -0.1) is 0 Å². The molecule has 4 rings (SSSR count). The first-order valence-corrected chi connectivity index (χ1v) is 14.8. The normalized spacial score (nSPS) is 24.4. The number of aryl methyl sites for hydroxylation is 1. The van der Waals surface area contributed by atoms with Crippen LogP contribution in [0.1, 0.15) is 109 Å². The predicted molar refractivity (Wildman–Crippen MR) is 147 cm³/mol. The number of hydrogen-bond acceptors (Lipinski definition) is 4. The molecule has 2 aromatic rings. The van der Waals surface area contributed by atoms with Gasteiger partial charge in [-0.1, -0.05) is 58.8 Å². The molecule has 1 heterocycles. The fourth-order valence-electron chi connectivity index (χ4n) is 6.33. The first-order chi connectivity index (χ1) is 17.7. The van der Waals surface area contributed by atoms with Gasteiger partial charge in [-0.05, 0) is 98.9 Å². The van der Waals surface area contributed by atoms with Crippen LogP contribution in [0.4, 0.5) is 0 Å². The third kappa shape index (κ3) is 7.63. The lowest BCUT2D eigenvalue weighted by Crippen LogP contribution is -2.30. The van der Waals surface area contributed by atoms with Crippen LogP contribution in [-0.4, -0.2) is 15.9 Å². The van der Waals surface area contributed by atoms with E-state index in [2.05, 4.69) is 23.8 Å². The molecule has 0 atom stereocenters. The van der Waals surface area contributed by atoms with Crippen LogP contribution in [0, 0.1) is 23.7 Å². The van der Waals surface area contributed by atoms with Crippen LogP contribution in [0.15, 0.2) is 36.7 Å². The Labute approximate surface area is 218 Å². The molecule has 0 unspecified atom stereocenters. The van der Waals surface area contributed by atoms with Gasteiger partial charge in [0.25, 0.3) is 0 Å². The molecule has 1 aromatic carbocycles. The lowest BCUT2D eigenvalue weighted by Gasteiger charge is -2.37. The van der Waals surface area contributed by atoms with Gasteiger partial charge >= 0.3 is 5.97 Å². The van der Waals surface area contributed by atoms with Crippen LogP contribution >= 0.6 is 0 Å². The van der Waals surface area contributed by atoms with Crippen molar-refractivity contribution in [3.63, 3.8) is 0 Å². The molecule has 196 valence electrons. The number of hydrogen-bond donors (Lipinski definition) is 0. The van der Waals surface area contributed by atoms with Crippen molar-refractivity contribution < 1.29 is 9.53 Å². The molecule has 0 aliphatic heterocycles. The maximum Gasteiger partial charge on any atom is 0.314 e. The van der Waals surface area contributed by atoms with Gasteiger partial charge in [-0.2, -0.15) is 0 Å². The van der Waals surface area contributed by atoms with Crippen LogP contribution in [-0.2, 0) is 11.2 Å². The number of benzene rings is 1. The third-order valence-corrected chi connectivity index (χ3v) is 8.85. The molecule has 2 fully saturated rings. The van der Waals surface area contributed by atoms with Gasteiger partial charge in [0.1, 0.15) is 5.75 Å². The summed E-state index contributed by atoms with van der Waals surface area (Å²) in [5.74, 6) is 3.98. The number of carbonyl (C=O) groups is 1. The SMILES string of the molecule is CCCCCCCc1cnc(-c2ccc(OC(=O)C3CCC(C4CCC(CC)CC4)CC3)cc2)nc1. The topological polar surface area (TPSA) is 52.1 Å². The summed E-state index contributed by atoms with van der Waals surface area (Å²) < 4.78 is 5.77. The second-order valence-electron chi connectivity index (χ2n) is 11.3. The molecule has 4 nitrogen and oxygen atoms in total. The van der Waals surface area contributed by atoms with E-state index in [1.807, 2.05) is 36.7 Å². The largest absolute Gasteiger partial charge is 0.426 e. The van der Waals surface area contributed by atoms with E-state index in [4.69, 9.17) is 4.74 Å². The molecule has 1 aromatic heterocycles. The third-order valence-electron chi connectivity index (χ3n) is 8.85. The molecule has 0 saturated heterocycles. The summed E-state index contributed by atoms with van der Waals surface area (Å²) in [5.41, 5.74) is 2.15. The lowest BCUT2D eigenvalue weighted by molar-refractivity contribution is -0.140. The highest BCUT2D eigenvalue weighted by molar-refractivity contribution is 5.75. The quantitative estimate of drug-likeness (QED) is 0.180. The average Bonchev–Trinajstić information content (AvgIpc) is 2.94.